The van der Waals surface area contributed by atoms with Crippen molar-refractivity contribution in [2.45, 2.75) is 25.8 Å². The van der Waals surface area contributed by atoms with Gasteiger partial charge in [-0.2, -0.15) is 0 Å². The van der Waals surface area contributed by atoms with Crippen LogP contribution in [0.15, 0.2) is 44.2 Å². The lowest BCUT2D eigenvalue weighted by Gasteiger charge is -2.17. The second kappa shape index (κ2) is 7.22. The van der Waals surface area contributed by atoms with Gasteiger partial charge in [0.25, 0.3) is 0 Å². The molecule has 0 radical (unpaired) electrons. The Hall–Kier alpha value is -0.650. The lowest BCUT2D eigenvalue weighted by molar-refractivity contribution is 0.495. The lowest BCUT2D eigenvalue weighted by atomic mass is 10.0. The van der Waals surface area contributed by atoms with Crippen molar-refractivity contribution in [1.29, 1.82) is 0 Å². The van der Waals surface area contributed by atoms with Gasteiger partial charge in [-0.15, -0.1) is 0 Å². The molecule has 0 spiro atoms. The highest BCUT2D eigenvalue weighted by atomic mass is 79.9. The molecular weight excluding hydrogens is 372 g/mol. The van der Waals surface area contributed by atoms with Crippen LogP contribution in [0.5, 0.6) is 0 Å². The summed E-state index contributed by atoms with van der Waals surface area (Å²) in [7, 11) is 0. The Kier molecular flexibility index (Phi) is 5.60. The molecule has 1 unspecified atom stereocenters. The van der Waals surface area contributed by atoms with Gasteiger partial charge in [0.2, 0.25) is 0 Å². The van der Waals surface area contributed by atoms with Crippen molar-refractivity contribution in [2.24, 2.45) is 0 Å². The van der Waals surface area contributed by atoms with Gasteiger partial charge in [0.05, 0.1) is 6.26 Å². The first-order valence-corrected chi connectivity index (χ1v) is 7.86. The molecule has 3 nitrogen and oxygen atoms in total. The van der Waals surface area contributed by atoms with Gasteiger partial charge in [0.15, 0.2) is 4.67 Å². The molecular formula is C14H16Br2N2O. The maximum Gasteiger partial charge on any atom is 0.173 e. The van der Waals surface area contributed by atoms with E-state index in [2.05, 4.69) is 49.1 Å². The summed E-state index contributed by atoms with van der Waals surface area (Å²) in [6.45, 7) is 3.13. The highest BCUT2D eigenvalue weighted by Crippen LogP contribution is 2.27. The number of aromatic nitrogens is 1. The van der Waals surface area contributed by atoms with Crippen molar-refractivity contribution >= 4 is 31.9 Å². The van der Waals surface area contributed by atoms with Crippen molar-refractivity contribution in [2.75, 3.05) is 6.54 Å². The number of nitrogens with zero attached hydrogens (tertiary/aromatic N) is 1. The maximum absolute atomic E-state index is 5.33. The molecule has 0 aliphatic carbocycles. The second-order valence-electron chi connectivity index (χ2n) is 4.33. The standard InChI is InChI=1S/C14H16Br2N2O/c1-2-6-17-13(12-5-7-19-14(12)16)8-11-4-3-10(15)9-18-11/h3-5,7,9,13,17H,2,6,8H2,1H3. The normalized spacial score (nSPS) is 12.6. The highest BCUT2D eigenvalue weighted by molar-refractivity contribution is 9.10. The zero-order valence-corrected chi connectivity index (χ0v) is 13.9. The maximum atomic E-state index is 5.33. The molecule has 19 heavy (non-hydrogen) atoms. The van der Waals surface area contributed by atoms with Crippen LogP contribution in [0.2, 0.25) is 0 Å². The summed E-state index contributed by atoms with van der Waals surface area (Å²) in [5.74, 6) is 0. The average Bonchev–Trinajstić information content (AvgIpc) is 2.83. The molecule has 1 atom stereocenters. The second-order valence-corrected chi connectivity index (χ2v) is 5.96. The topological polar surface area (TPSA) is 38.1 Å². The summed E-state index contributed by atoms with van der Waals surface area (Å²) in [6, 6.07) is 6.26. The summed E-state index contributed by atoms with van der Waals surface area (Å²) >= 11 is 6.85. The van der Waals surface area contributed by atoms with Crippen molar-refractivity contribution in [3.8, 4) is 0 Å². The molecule has 2 aromatic heterocycles. The van der Waals surface area contributed by atoms with Crippen LogP contribution in [-0.4, -0.2) is 11.5 Å². The number of pyridine rings is 1. The van der Waals surface area contributed by atoms with Gasteiger partial charge in [-0.1, -0.05) is 6.92 Å². The van der Waals surface area contributed by atoms with Crippen molar-refractivity contribution in [3.63, 3.8) is 0 Å². The van der Waals surface area contributed by atoms with E-state index in [1.165, 1.54) is 0 Å². The van der Waals surface area contributed by atoms with Crippen LogP contribution in [0.1, 0.15) is 30.6 Å². The highest BCUT2D eigenvalue weighted by Gasteiger charge is 2.17. The number of hydrogen-bond donors (Lipinski definition) is 1. The largest absolute Gasteiger partial charge is 0.457 e. The molecule has 0 aromatic carbocycles. The molecule has 0 aliphatic rings. The average molecular weight is 388 g/mol. The fourth-order valence-corrected chi connectivity index (χ4v) is 2.65. The quantitative estimate of drug-likeness (QED) is 0.793. The monoisotopic (exact) mass is 386 g/mol. The minimum atomic E-state index is 0.210. The number of hydrogen-bond acceptors (Lipinski definition) is 3. The predicted octanol–water partition coefficient (Wildman–Crippen LogP) is 4.48. The Balaban J connectivity index is 2.14. The van der Waals surface area contributed by atoms with E-state index in [1.54, 1.807) is 6.26 Å². The van der Waals surface area contributed by atoms with Crippen LogP contribution in [0.25, 0.3) is 0 Å². The number of halogens is 2. The molecule has 2 heterocycles. The molecule has 0 amide bonds. The fraction of sp³-hybridized carbons (Fsp3) is 0.357. The molecule has 5 heteroatoms. The first-order valence-electron chi connectivity index (χ1n) is 6.27. The van der Waals surface area contributed by atoms with E-state index in [1.807, 2.05) is 24.4 Å². The number of furan rings is 1. The lowest BCUT2D eigenvalue weighted by Crippen LogP contribution is -2.24. The van der Waals surface area contributed by atoms with Crippen LogP contribution in [0.3, 0.4) is 0 Å². The van der Waals surface area contributed by atoms with Crippen LogP contribution >= 0.6 is 31.9 Å². The van der Waals surface area contributed by atoms with E-state index >= 15 is 0 Å². The molecule has 0 aliphatic heterocycles. The van der Waals surface area contributed by atoms with E-state index in [4.69, 9.17) is 4.42 Å². The molecule has 2 rings (SSSR count). The van der Waals surface area contributed by atoms with Gasteiger partial charge in [0, 0.05) is 34.4 Å². The Morgan fingerprint density at radius 2 is 2.16 bits per heavy atom. The SMILES string of the molecule is CCCNC(Cc1ccc(Br)cn1)c1ccoc1Br. The molecule has 0 fully saturated rings. The van der Waals surface area contributed by atoms with Crippen molar-refractivity contribution in [1.82, 2.24) is 10.3 Å². The van der Waals surface area contributed by atoms with Gasteiger partial charge in [0.1, 0.15) is 0 Å². The Morgan fingerprint density at radius 1 is 1.32 bits per heavy atom. The molecule has 102 valence electrons. The van der Waals surface area contributed by atoms with Crippen LogP contribution < -0.4 is 5.32 Å². The van der Waals surface area contributed by atoms with Crippen molar-refractivity contribution < 1.29 is 4.42 Å². The minimum Gasteiger partial charge on any atom is -0.457 e. The molecule has 0 saturated carbocycles. The van der Waals surface area contributed by atoms with Crippen molar-refractivity contribution in [3.05, 3.63) is 51.1 Å². The molecule has 1 N–H and O–H groups in total. The van der Waals surface area contributed by atoms with Gasteiger partial charge < -0.3 is 9.73 Å². The Bertz CT molecular complexity index is 510. The summed E-state index contributed by atoms with van der Waals surface area (Å²) in [5, 5.41) is 3.53. The molecule has 0 saturated heterocycles. The fourth-order valence-electron chi connectivity index (χ4n) is 1.90. The number of rotatable bonds is 6. The predicted molar refractivity (Wildman–Crippen MR) is 83.1 cm³/mol. The summed E-state index contributed by atoms with van der Waals surface area (Å²) < 4.78 is 7.12. The summed E-state index contributed by atoms with van der Waals surface area (Å²) in [6.07, 6.45) is 5.47. The van der Waals surface area contributed by atoms with Gasteiger partial charge in [-0.25, -0.2) is 0 Å². The van der Waals surface area contributed by atoms with E-state index < -0.39 is 0 Å². The van der Waals surface area contributed by atoms with Crippen LogP contribution in [-0.2, 0) is 6.42 Å². The third kappa shape index (κ3) is 4.16. The first-order chi connectivity index (χ1) is 9.20. The van der Waals surface area contributed by atoms with Gasteiger partial charge in [-0.3, -0.25) is 4.98 Å². The third-order valence-electron chi connectivity index (χ3n) is 2.86. The summed E-state index contributed by atoms with van der Waals surface area (Å²) in [4.78, 5) is 4.43. The molecule has 2 aromatic rings. The third-order valence-corrected chi connectivity index (χ3v) is 3.98. The van der Waals surface area contributed by atoms with E-state index in [0.29, 0.717) is 0 Å². The number of nitrogens with one attached hydrogen (secondary N) is 1. The minimum absolute atomic E-state index is 0.210. The smallest absolute Gasteiger partial charge is 0.173 e. The van der Waals surface area contributed by atoms with Crippen LogP contribution in [0, 0.1) is 0 Å². The Labute approximate surface area is 130 Å². The van der Waals surface area contributed by atoms with E-state index in [9.17, 15) is 0 Å². The Morgan fingerprint density at radius 3 is 2.74 bits per heavy atom. The zero-order chi connectivity index (χ0) is 13.7. The zero-order valence-electron chi connectivity index (χ0n) is 10.7. The van der Waals surface area contributed by atoms with Gasteiger partial charge in [-0.05, 0) is 63.0 Å². The van der Waals surface area contributed by atoms with Gasteiger partial charge >= 0.3 is 0 Å². The van der Waals surface area contributed by atoms with Crippen LogP contribution in [0.4, 0.5) is 0 Å². The van der Waals surface area contributed by atoms with E-state index in [-0.39, 0.29) is 6.04 Å². The van der Waals surface area contributed by atoms with E-state index in [0.717, 1.165) is 39.8 Å². The summed E-state index contributed by atoms with van der Waals surface area (Å²) in [5.41, 5.74) is 2.20. The molecule has 0 bridgehead atoms. The first kappa shape index (κ1) is 14.8.